The zero-order valence-corrected chi connectivity index (χ0v) is 14.0. The fourth-order valence-electron chi connectivity index (χ4n) is 7.24. The highest BCUT2D eigenvalue weighted by molar-refractivity contribution is 5.12. The lowest BCUT2D eigenvalue weighted by atomic mass is 9.48. The van der Waals surface area contributed by atoms with Gasteiger partial charge in [-0.05, 0) is 92.8 Å². The molecule has 8 atom stereocenters. The van der Waals surface area contributed by atoms with E-state index in [9.17, 15) is 10.2 Å². The number of aliphatic hydroxyl groups is 2. The molecule has 0 heterocycles. The van der Waals surface area contributed by atoms with E-state index in [0.717, 1.165) is 31.6 Å². The van der Waals surface area contributed by atoms with Crippen LogP contribution >= 0.6 is 0 Å². The standard InChI is InChI=1S/C20H32O2/c1-3-13-5-7-17-16-6-4-14-12-15(21)8-11-20(14,22)18(16)9-10-19(13,17)2/h3,13-18,21-22H,1,4-12H2,2H3/t13-,14?,15?,16?,17-,18?,19+,20+/m0/s1. The molecular formula is C20H32O2. The van der Waals surface area contributed by atoms with Crippen LogP contribution in [0.3, 0.4) is 0 Å². The molecule has 2 heteroatoms. The Hall–Kier alpha value is -0.340. The van der Waals surface area contributed by atoms with E-state index in [0.29, 0.717) is 29.1 Å². The quantitative estimate of drug-likeness (QED) is 0.721. The van der Waals surface area contributed by atoms with Gasteiger partial charge in [0.25, 0.3) is 0 Å². The smallest absolute Gasteiger partial charge is 0.0708 e. The molecule has 22 heavy (non-hydrogen) atoms. The van der Waals surface area contributed by atoms with Crippen molar-refractivity contribution in [2.24, 2.45) is 35.0 Å². The lowest BCUT2D eigenvalue weighted by Crippen LogP contribution is -2.59. The summed E-state index contributed by atoms with van der Waals surface area (Å²) in [6.45, 7) is 6.59. The Morgan fingerprint density at radius 2 is 1.82 bits per heavy atom. The molecule has 4 aliphatic carbocycles. The molecule has 0 bridgehead atoms. The normalized spacial score (nSPS) is 57.6. The van der Waals surface area contributed by atoms with Gasteiger partial charge in [0.2, 0.25) is 0 Å². The second-order valence-electron chi connectivity index (χ2n) is 9.03. The van der Waals surface area contributed by atoms with E-state index in [4.69, 9.17) is 0 Å². The third kappa shape index (κ3) is 1.92. The molecule has 2 N–H and O–H groups in total. The Bertz CT molecular complexity index is 461. The molecule has 0 radical (unpaired) electrons. The molecule has 4 saturated carbocycles. The Kier molecular flexibility index (Phi) is 3.51. The molecule has 0 aromatic carbocycles. The molecular weight excluding hydrogens is 272 g/mol. The highest BCUT2D eigenvalue weighted by Gasteiger charge is 2.60. The van der Waals surface area contributed by atoms with Crippen LogP contribution in [0.15, 0.2) is 12.7 Å². The predicted molar refractivity (Wildman–Crippen MR) is 88.3 cm³/mol. The van der Waals surface area contributed by atoms with Crippen molar-refractivity contribution in [3.8, 4) is 0 Å². The summed E-state index contributed by atoms with van der Waals surface area (Å²) in [7, 11) is 0. The Morgan fingerprint density at radius 1 is 1.00 bits per heavy atom. The van der Waals surface area contributed by atoms with E-state index < -0.39 is 5.60 Å². The first-order valence-electron chi connectivity index (χ1n) is 9.52. The SMILES string of the molecule is C=C[C@H]1CC[C@H]2C3CCC4CC(O)CC[C@]4(O)C3CC[C@]12C. The monoisotopic (exact) mass is 304 g/mol. The Labute approximate surface area is 135 Å². The second-order valence-corrected chi connectivity index (χ2v) is 9.03. The van der Waals surface area contributed by atoms with Crippen molar-refractivity contribution in [3.63, 3.8) is 0 Å². The van der Waals surface area contributed by atoms with Gasteiger partial charge in [0.05, 0.1) is 11.7 Å². The van der Waals surface area contributed by atoms with Crippen LogP contribution in [0.5, 0.6) is 0 Å². The molecule has 4 fully saturated rings. The van der Waals surface area contributed by atoms with Crippen LogP contribution in [0, 0.1) is 35.0 Å². The first kappa shape index (κ1) is 15.2. The number of hydrogen-bond donors (Lipinski definition) is 2. The van der Waals surface area contributed by atoms with Crippen LogP contribution in [0.2, 0.25) is 0 Å². The summed E-state index contributed by atoms with van der Waals surface area (Å²) in [6, 6.07) is 0. The van der Waals surface area contributed by atoms with Crippen molar-refractivity contribution in [3.05, 3.63) is 12.7 Å². The van der Waals surface area contributed by atoms with Crippen molar-refractivity contribution in [1.82, 2.24) is 0 Å². The summed E-state index contributed by atoms with van der Waals surface area (Å²) in [5.74, 6) is 3.00. The number of allylic oxidation sites excluding steroid dienone is 1. The number of aliphatic hydroxyl groups excluding tert-OH is 1. The summed E-state index contributed by atoms with van der Waals surface area (Å²) < 4.78 is 0. The molecule has 0 aromatic heterocycles. The fourth-order valence-corrected chi connectivity index (χ4v) is 7.24. The van der Waals surface area contributed by atoms with E-state index in [1.54, 1.807) is 0 Å². The van der Waals surface area contributed by atoms with Gasteiger partial charge in [-0.3, -0.25) is 0 Å². The molecule has 4 aliphatic rings. The van der Waals surface area contributed by atoms with Gasteiger partial charge < -0.3 is 10.2 Å². The molecule has 2 nitrogen and oxygen atoms in total. The van der Waals surface area contributed by atoms with Crippen molar-refractivity contribution in [2.75, 3.05) is 0 Å². The molecule has 0 amide bonds. The maximum absolute atomic E-state index is 11.5. The lowest BCUT2D eigenvalue weighted by Gasteiger charge is -2.59. The minimum Gasteiger partial charge on any atom is -0.393 e. The average Bonchev–Trinajstić information content (AvgIpc) is 2.84. The van der Waals surface area contributed by atoms with Crippen LogP contribution < -0.4 is 0 Å². The molecule has 124 valence electrons. The van der Waals surface area contributed by atoms with Crippen molar-refractivity contribution in [2.45, 2.75) is 76.4 Å². The van der Waals surface area contributed by atoms with E-state index in [2.05, 4.69) is 19.6 Å². The Morgan fingerprint density at radius 3 is 2.59 bits per heavy atom. The van der Waals surface area contributed by atoms with Crippen LogP contribution in [0.25, 0.3) is 0 Å². The van der Waals surface area contributed by atoms with Gasteiger partial charge in [0.15, 0.2) is 0 Å². The molecule has 4 unspecified atom stereocenters. The third-order valence-electron chi connectivity index (χ3n) is 8.43. The van der Waals surface area contributed by atoms with Gasteiger partial charge in [-0.15, -0.1) is 6.58 Å². The summed E-state index contributed by atoms with van der Waals surface area (Å²) in [5, 5.41) is 21.5. The first-order chi connectivity index (χ1) is 10.5. The molecule has 0 saturated heterocycles. The minimum absolute atomic E-state index is 0.174. The summed E-state index contributed by atoms with van der Waals surface area (Å²) >= 11 is 0. The predicted octanol–water partition coefficient (Wildman–Crippen LogP) is 3.92. The third-order valence-corrected chi connectivity index (χ3v) is 8.43. The van der Waals surface area contributed by atoms with Crippen molar-refractivity contribution < 1.29 is 10.2 Å². The zero-order valence-electron chi connectivity index (χ0n) is 14.0. The van der Waals surface area contributed by atoms with Crippen molar-refractivity contribution >= 4 is 0 Å². The highest BCUT2D eigenvalue weighted by Crippen LogP contribution is 2.65. The largest absolute Gasteiger partial charge is 0.393 e. The van der Waals surface area contributed by atoms with Crippen LogP contribution in [0.4, 0.5) is 0 Å². The number of hydrogen-bond acceptors (Lipinski definition) is 2. The van der Waals surface area contributed by atoms with E-state index in [-0.39, 0.29) is 6.10 Å². The number of fused-ring (bicyclic) bond motifs is 5. The molecule has 0 aromatic rings. The van der Waals surface area contributed by atoms with Gasteiger partial charge >= 0.3 is 0 Å². The van der Waals surface area contributed by atoms with Gasteiger partial charge in [0, 0.05) is 0 Å². The van der Waals surface area contributed by atoms with Gasteiger partial charge in [-0.25, -0.2) is 0 Å². The first-order valence-corrected chi connectivity index (χ1v) is 9.52. The maximum atomic E-state index is 11.5. The Balaban J connectivity index is 1.62. The zero-order chi connectivity index (χ0) is 15.5. The highest BCUT2D eigenvalue weighted by atomic mass is 16.3. The van der Waals surface area contributed by atoms with Crippen LogP contribution in [-0.4, -0.2) is 21.9 Å². The summed E-state index contributed by atoms with van der Waals surface area (Å²) in [5.41, 5.74) is -0.0456. The average molecular weight is 304 g/mol. The number of rotatable bonds is 1. The summed E-state index contributed by atoms with van der Waals surface area (Å²) in [4.78, 5) is 0. The maximum Gasteiger partial charge on any atom is 0.0708 e. The van der Waals surface area contributed by atoms with E-state index in [1.165, 1.54) is 32.1 Å². The van der Waals surface area contributed by atoms with Gasteiger partial charge in [-0.2, -0.15) is 0 Å². The molecule has 0 aliphatic heterocycles. The fraction of sp³-hybridized carbons (Fsp3) is 0.900. The molecule has 4 rings (SSSR count). The summed E-state index contributed by atoms with van der Waals surface area (Å²) in [6.07, 6.45) is 12.0. The second kappa shape index (κ2) is 5.08. The topological polar surface area (TPSA) is 40.5 Å². The van der Waals surface area contributed by atoms with E-state index >= 15 is 0 Å². The minimum atomic E-state index is -0.476. The lowest BCUT2D eigenvalue weighted by molar-refractivity contribution is -0.187. The van der Waals surface area contributed by atoms with Crippen LogP contribution in [-0.2, 0) is 0 Å². The van der Waals surface area contributed by atoms with Gasteiger partial charge in [0.1, 0.15) is 0 Å². The van der Waals surface area contributed by atoms with Crippen LogP contribution in [0.1, 0.15) is 64.7 Å². The van der Waals surface area contributed by atoms with Gasteiger partial charge in [-0.1, -0.05) is 13.0 Å². The van der Waals surface area contributed by atoms with Crippen molar-refractivity contribution in [1.29, 1.82) is 0 Å². The molecule has 0 spiro atoms. The van der Waals surface area contributed by atoms with E-state index in [1.807, 2.05) is 0 Å².